The van der Waals surface area contributed by atoms with Gasteiger partial charge in [-0.3, -0.25) is 9.59 Å². The minimum Gasteiger partial charge on any atom is -0.481 e. The van der Waals surface area contributed by atoms with E-state index in [4.69, 9.17) is 5.11 Å². The number of methoxy groups -OCH3 is 1. The van der Waals surface area contributed by atoms with Crippen molar-refractivity contribution in [3.05, 3.63) is 0 Å². The Morgan fingerprint density at radius 3 is 2.38 bits per heavy atom. The molecule has 2 N–H and O–H groups in total. The molecule has 8 heteroatoms. The molecule has 94 valence electrons. The fourth-order valence-corrected chi connectivity index (χ4v) is 1.88. The summed E-state index contributed by atoms with van der Waals surface area (Å²) in [5.41, 5.74) is 0. The van der Waals surface area contributed by atoms with Crippen LogP contribution in [0.25, 0.3) is 0 Å². The van der Waals surface area contributed by atoms with Gasteiger partial charge in [0.25, 0.3) is 0 Å². The minimum atomic E-state index is -3.82. The molecule has 1 atom stereocenters. The molecule has 0 saturated heterocycles. The number of carbonyl (C=O) groups is 2. The number of nitrogens with one attached hydrogen (secondary N) is 1. The van der Waals surface area contributed by atoms with Crippen molar-refractivity contribution in [1.29, 1.82) is 0 Å². The second-order valence-corrected chi connectivity index (χ2v) is 4.93. The van der Waals surface area contributed by atoms with Crippen molar-refractivity contribution in [2.75, 3.05) is 19.4 Å². The zero-order valence-corrected chi connectivity index (χ0v) is 9.91. The van der Waals surface area contributed by atoms with E-state index in [1.54, 1.807) is 6.92 Å². The second-order valence-electron chi connectivity index (χ2n) is 3.13. The standard InChI is InChI=1S/C8H15NO6S/c1-3-6(8(11)12)4-9-16(13,14)5-7(10)15-2/h6,9H,3-5H2,1-2H3,(H,11,12). The lowest BCUT2D eigenvalue weighted by Gasteiger charge is -2.10. The summed E-state index contributed by atoms with van der Waals surface area (Å²) in [5, 5.41) is 8.67. The van der Waals surface area contributed by atoms with Gasteiger partial charge in [0.1, 0.15) is 0 Å². The molecule has 0 radical (unpaired) electrons. The van der Waals surface area contributed by atoms with Crippen LogP contribution >= 0.6 is 0 Å². The van der Waals surface area contributed by atoms with Gasteiger partial charge < -0.3 is 9.84 Å². The van der Waals surface area contributed by atoms with E-state index in [9.17, 15) is 18.0 Å². The molecule has 0 aliphatic heterocycles. The Balaban J connectivity index is 4.28. The topological polar surface area (TPSA) is 110 Å². The van der Waals surface area contributed by atoms with E-state index < -0.39 is 33.6 Å². The van der Waals surface area contributed by atoms with Gasteiger partial charge in [-0.15, -0.1) is 0 Å². The van der Waals surface area contributed by atoms with E-state index in [2.05, 4.69) is 4.74 Å². The number of aliphatic carboxylic acids is 1. The Kier molecular flexibility index (Phi) is 5.97. The maximum absolute atomic E-state index is 11.2. The maximum atomic E-state index is 11.2. The van der Waals surface area contributed by atoms with Crippen LogP contribution in [0, 0.1) is 5.92 Å². The molecule has 0 aromatic heterocycles. The van der Waals surface area contributed by atoms with Crippen molar-refractivity contribution in [2.45, 2.75) is 13.3 Å². The smallest absolute Gasteiger partial charge is 0.322 e. The van der Waals surface area contributed by atoms with Crippen molar-refractivity contribution >= 4 is 22.0 Å². The van der Waals surface area contributed by atoms with Gasteiger partial charge in [0.05, 0.1) is 13.0 Å². The van der Waals surface area contributed by atoms with Crippen LogP contribution in [-0.4, -0.2) is 44.9 Å². The third-order valence-corrected chi connectivity index (χ3v) is 3.15. The van der Waals surface area contributed by atoms with Gasteiger partial charge >= 0.3 is 11.9 Å². The molecule has 0 bridgehead atoms. The van der Waals surface area contributed by atoms with Crippen LogP contribution in [0.1, 0.15) is 13.3 Å². The Morgan fingerprint density at radius 1 is 1.44 bits per heavy atom. The third kappa shape index (κ3) is 5.66. The van der Waals surface area contributed by atoms with Gasteiger partial charge in [-0.1, -0.05) is 6.92 Å². The number of carboxylic acids is 1. The van der Waals surface area contributed by atoms with E-state index >= 15 is 0 Å². The number of rotatable bonds is 7. The lowest BCUT2D eigenvalue weighted by molar-refractivity contribution is -0.141. The number of hydrogen-bond acceptors (Lipinski definition) is 5. The van der Waals surface area contributed by atoms with Crippen molar-refractivity contribution in [1.82, 2.24) is 4.72 Å². The first kappa shape index (κ1) is 14.8. The van der Waals surface area contributed by atoms with Crippen molar-refractivity contribution in [2.24, 2.45) is 5.92 Å². The highest BCUT2D eigenvalue weighted by Gasteiger charge is 2.21. The van der Waals surface area contributed by atoms with E-state index in [-0.39, 0.29) is 6.54 Å². The summed E-state index contributed by atoms with van der Waals surface area (Å²) >= 11 is 0. The molecule has 7 nitrogen and oxygen atoms in total. The van der Waals surface area contributed by atoms with Crippen LogP contribution in [0.3, 0.4) is 0 Å². The predicted molar refractivity (Wildman–Crippen MR) is 55.2 cm³/mol. The highest BCUT2D eigenvalue weighted by Crippen LogP contribution is 2.01. The number of ether oxygens (including phenoxy) is 1. The number of carbonyl (C=O) groups excluding carboxylic acids is 1. The highest BCUT2D eigenvalue weighted by molar-refractivity contribution is 7.90. The van der Waals surface area contributed by atoms with E-state index in [1.165, 1.54) is 0 Å². The lowest BCUT2D eigenvalue weighted by atomic mass is 10.1. The van der Waals surface area contributed by atoms with E-state index in [0.717, 1.165) is 7.11 Å². The largest absolute Gasteiger partial charge is 0.481 e. The molecule has 1 unspecified atom stereocenters. The summed E-state index contributed by atoms with van der Waals surface area (Å²) in [6.45, 7) is 1.40. The van der Waals surface area contributed by atoms with Crippen LogP contribution < -0.4 is 4.72 Å². The van der Waals surface area contributed by atoms with Gasteiger partial charge in [0, 0.05) is 6.54 Å². The zero-order valence-electron chi connectivity index (χ0n) is 9.10. The van der Waals surface area contributed by atoms with Crippen LogP contribution in [0.2, 0.25) is 0 Å². The average Bonchev–Trinajstić information content (AvgIpc) is 2.17. The molecule has 0 aromatic rings. The van der Waals surface area contributed by atoms with E-state index in [1.807, 2.05) is 4.72 Å². The molecule has 0 aromatic carbocycles. The summed E-state index contributed by atoms with van der Waals surface area (Å²) in [7, 11) is -2.75. The molecule has 0 saturated carbocycles. The first-order valence-corrected chi connectivity index (χ1v) is 6.24. The molecule has 0 spiro atoms. The summed E-state index contributed by atoms with van der Waals surface area (Å²) in [6.07, 6.45) is 0.302. The molecule has 16 heavy (non-hydrogen) atoms. The molecule has 0 rings (SSSR count). The van der Waals surface area contributed by atoms with Gasteiger partial charge in [0.2, 0.25) is 10.0 Å². The number of hydrogen-bond donors (Lipinski definition) is 2. The Labute approximate surface area is 93.8 Å². The molecule has 0 amide bonds. The fraction of sp³-hybridized carbons (Fsp3) is 0.750. The van der Waals surface area contributed by atoms with Crippen molar-refractivity contribution in [3.63, 3.8) is 0 Å². The van der Waals surface area contributed by atoms with Crippen LogP contribution in [0.5, 0.6) is 0 Å². The van der Waals surface area contributed by atoms with Crippen molar-refractivity contribution < 1.29 is 27.9 Å². The molecule has 0 aliphatic carbocycles. The first-order chi connectivity index (χ1) is 7.32. The Morgan fingerprint density at radius 2 is 2.00 bits per heavy atom. The quantitative estimate of drug-likeness (QED) is 0.574. The average molecular weight is 253 g/mol. The number of sulfonamides is 1. The number of esters is 1. The monoisotopic (exact) mass is 253 g/mol. The Bertz CT molecular complexity index is 350. The van der Waals surface area contributed by atoms with Gasteiger partial charge in [-0.05, 0) is 6.42 Å². The second kappa shape index (κ2) is 6.44. The molecular formula is C8H15NO6S. The van der Waals surface area contributed by atoms with Gasteiger partial charge in [0.15, 0.2) is 5.75 Å². The predicted octanol–water partition coefficient (Wildman–Crippen LogP) is -0.810. The summed E-state index contributed by atoms with van der Waals surface area (Å²) in [4.78, 5) is 21.3. The van der Waals surface area contributed by atoms with Crippen LogP contribution in [0.4, 0.5) is 0 Å². The van der Waals surface area contributed by atoms with Crippen LogP contribution in [0.15, 0.2) is 0 Å². The molecule has 0 fully saturated rings. The highest BCUT2D eigenvalue weighted by atomic mass is 32.2. The molecular weight excluding hydrogens is 238 g/mol. The fourth-order valence-electron chi connectivity index (χ4n) is 0.899. The number of carboxylic acid groups (broad SMARTS) is 1. The normalized spacial score (nSPS) is 13.1. The minimum absolute atomic E-state index is 0.231. The Hall–Kier alpha value is -1.15. The summed E-state index contributed by atoms with van der Waals surface area (Å²) < 4.78 is 28.7. The molecule has 0 aliphatic rings. The zero-order chi connectivity index (χ0) is 12.8. The van der Waals surface area contributed by atoms with Crippen molar-refractivity contribution in [3.8, 4) is 0 Å². The summed E-state index contributed by atoms with van der Waals surface area (Å²) in [6, 6.07) is 0. The maximum Gasteiger partial charge on any atom is 0.322 e. The summed E-state index contributed by atoms with van der Waals surface area (Å²) in [5.74, 6) is -3.58. The SMILES string of the molecule is CCC(CNS(=O)(=O)CC(=O)OC)C(=O)O. The van der Waals surface area contributed by atoms with E-state index in [0.29, 0.717) is 6.42 Å². The van der Waals surface area contributed by atoms with Crippen LogP contribution in [-0.2, 0) is 24.3 Å². The van der Waals surface area contributed by atoms with Gasteiger partial charge in [-0.25, -0.2) is 13.1 Å². The first-order valence-electron chi connectivity index (χ1n) is 4.59. The molecule has 0 heterocycles. The van der Waals surface area contributed by atoms with Gasteiger partial charge in [-0.2, -0.15) is 0 Å². The lowest BCUT2D eigenvalue weighted by Crippen LogP contribution is -2.36. The third-order valence-electron chi connectivity index (χ3n) is 1.93.